The molecule has 21 heavy (non-hydrogen) atoms. The number of benzene rings is 1. The van der Waals surface area contributed by atoms with Gasteiger partial charge in [0.2, 0.25) is 6.39 Å². The Balaban J connectivity index is 2.08. The molecule has 0 fully saturated rings. The lowest BCUT2D eigenvalue weighted by molar-refractivity contribution is -0.383. The van der Waals surface area contributed by atoms with Gasteiger partial charge in [0.15, 0.2) is 5.82 Å². The van der Waals surface area contributed by atoms with Crippen LogP contribution >= 0.6 is 0 Å². The zero-order chi connectivity index (χ0) is 15.1. The van der Waals surface area contributed by atoms with Crippen LogP contribution in [0.4, 0.5) is 17.1 Å². The molecule has 0 aliphatic carbocycles. The van der Waals surface area contributed by atoms with Crippen molar-refractivity contribution in [3.63, 3.8) is 0 Å². The zero-order valence-corrected chi connectivity index (χ0v) is 11.7. The van der Waals surface area contributed by atoms with Gasteiger partial charge in [-0.15, -0.1) is 0 Å². The summed E-state index contributed by atoms with van der Waals surface area (Å²) in [4.78, 5) is 14.8. The summed E-state index contributed by atoms with van der Waals surface area (Å²) in [5.41, 5.74) is 1.05. The van der Waals surface area contributed by atoms with E-state index >= 15 is 0 Å². The van der Waals surface area contributed by atoms with Crippen LogP contribution in [0.25, 0.3) is 0 Å². The topological polar surface area (TPSA) is 106 Å². The minimum atomic E-state index is -0.380. The molecule has 2 aromatic rings. The quantitative estimate of drug-likeness (QED) is 0.568. The van der Waals surface area contributed by atoms with Crippen LogP contribution in [0, 0.1) is 10.1 Å². The van der Waals surface area contributed by atoms with Crippen LogP contribution in [-0.2, 0) is 6.42 Å². The van der Waals surface area contributed by atoms with Gasteiger partial charge in [-0.1, -0.05) is 18.1 Å². The molecule has 0 radical (unpaired) electrons. The number of nitro benzene ring substituents is 1. The van der Waals surface area contributed by atoms with Crippen molar-refractivity contribution in [1.82, 2.24) is 10.1 Å². The van der Waals surface area contributed by atoms with E-state index in [0.717, 1.165) is 6.42 Å². The minimum absolute atomic E-state index is 0.0547. The molecule has 1 aromatic heterocycles. The van der Waals surface area contributed by atoms with Gasteiger partial charge in [-0.25, -0.2) is 0 Å². The van der Waals surface area contributed by atoms with Crippen molar-refractivity contribution in [3.8, 4) is 0 Å². The summed E-state index contributed by atoms with van der Waals surface area (Å²) < 4.78 is 4.64. The van der Waals surface area contributed by atoms with E-state index in [1.807, 2.05) is 6.92 Å². The molecule has 8 nitrogen and oxygen atoms in total. The lowest BCUT2D eigenvalue weighted by atomic mass is 10.2. The monoisotopic (exact) mass is 291 g/mol. The molecule has 0 spiro atoms. The van der Waals surface area contributed by atoms with Crippen LogP contribution in [0.3, 0.4) is 0 Å². The molecule has 0 bridgehead atoms. The van der Waals surface area contributed by atoms with Crippen molar-refractivity contribution in [2.24, 2.45) is 0 Å². The summed E-state index contributed by atoms with van der Waals surface area (Å²) >= 11 is 0. The van der Waals surface area contributed by atoms with E-state index in [4.69, 9.17) is 0 Å². The molecule has 1 aromatic carbocycles. The molecule has 1 heterocycles. The standard InChI is InChI=1S/C13H17N5O3/c1-2-7-14-10-4-3-5-11(13(10)18(19)20)15-8-6-12-16-9-21-17-12/h3-5,9,14-15H,2,6-8H2,1H3. The first-order valence-electron chi connectivity index (χ1n) is 6.72. The highest BCUT2D eigenvalue weighted by Gasteiger charge is 2.19. The zero-order valence-electron chi connectivity index (χ0n) is 11.7. The van der Waals surface area contributed by atoms with Gasteiger partial charge < -0.3 is 15.2 Å². The van der Waals surface area contributed by atoms with Crippen molar-refractivity contribution in [1.29, 1.82) is 0 Å². The number of hydrogen-bond acceptors (Lipinski definition) is 7. The Morgan fingerprint density at radius 3 is 2.57 bits per heavy atom. The molecule has 8 heteroatoms. The van der Waals surface area contributed by atoms with E-state index in [1.54, 1.807) is 18.2 Å². The van der Waals surface area contributed by atoms with Crippen molar-refractivity contribution >= 4 is 17.1 Å². The summed E-state index contributed by atoms with van der Waals surface area (Å²) in [6, 6.07) is 5.17. The number of nitrogens with one attached hydrogen (secondary N) is 2. The molecular formula is C13H17N5O3. The maximum absolute atomic E-state index is 11.3. The maximum atomic E-state index is 11.3. The second-order valence-corrected chi connectivity index (χ2v) is 4.41. The molecular weight excluding hydrogens is 274 g/mol. The third-order valence-electron chi connectivity index (χ3n) is 2.86. The van der Waals surface area contributed by atoms with Crippen LogP contribution < -0.4 is 10.6 Å². The fourth-order valence-corrected chi connectivity index (χ4v) is 1.90. The van der Waals surface area contributed by atoms with Gasteiger partial charge in [-0.05, 0) is 18.6 Å². The summed E-state index contributed by atoms with van der Waals surface area (Å²) in [5.74, 6) is 0.561. The average Bonchev–Trinajstić information content (AvgIpc) is 2.98. The number of aromatic nitrogens is 2. The van der Waals surface area contributed by atoms with Crippen molar-refractivity contribution in [2.75, 3.05) is 23.7 Å². The molecule has 0 aliphatic rings. The average molecular weight is 291 g/mol. The van der Waals surface area contributed by atoms with E-state index in [0.29, 0.717) is 36.7 Å². The first kappa shape index (κ1) is 14.8. The second kappa shape index (κ2) is 7.22. The molecule has 0 unspecified atom stereocenters. The Morgan fingerprint density at radius 2 is 2.00 bits per heavy atom. The predicted molar refractivity (Wildman–Crippen MR) is 78.4 cm³/mol. The van der Waals surface area contributed by atoms with Crippen LogP contribution in [0.1, 0.15) is 19.2 Å². The second-order valence-electron chi connectivity index (χ2n) is 4.41. The number of para-hydroxylation sites is 1. The Morgan fingerprint density at radius 1 is 1.29 bits per heavy atom. The lowest BCUT2D eigenvalue weighted by Crippen LogP contribution is -2.10. The Labute approximate surface area is 121 Å². The van der Waals surface area contributed by atoms with E-state index in [9.17, 15) is 10.1 Å². The molecule has 0 saturated heterocycles. The summed E-state index contributed by atoms with van der Waals surface area (Å²) in [6.07, 6.45) is 2.68. The first-order chi connectivity index (χ1) is 10.2. The van der Waals surface area contributed by atoms with E-state index in [-0.39, 0.29) is 10.6 Å². The first-order valence-corrected chi connectivity index (χ1v) is 6.72. The summed E-state index contributed by atoms with van der Waals surface area (Å²) in [5, 5.41) is 21.1. The molecule has 112 valence electrons. The molecule has 0 saturated carbocycles. The predicted octanol–water partition coefficient (Wildman–Crippen LogP) is 2.45. The summed E-state index contributed by atoms with van der Waals surface area (Å²) in [7, 11) is 0. The van der Waals surface area contributed by atoms with E-state index in [2.05, 4.69) is 25.3 Å². The van der Waals surface area contributed by atoms with Crippen LogP contribution in [-0.4, -0.2) is 28.2 Å². The molecule has 2 rings (SSSR count). The highest BCUT2D eigenvalue weighted by Crippen LogP contribution is 2.32. The largest absolute Gasteiger partial charge is 0.379 e. The Hall–Kier alpha value is -2.64. The maximum Gasteiger partial charge on any atom is 0.315 e. The molecule has 0 aliphatic heterocycles. The molecule has 0 atom stereocenters. The number of nitro groups is 1. The van der Waals surface area contributed by atoms with Crippen LogP contribution in [0.15, 0.2) is 29.1 Å². The third kappa shape index (κ3) is 3.91. The van der Waals surface area contributed by atoms with Gasteiger partial charge in [-0.3, -0.25) is 10.1 Å². The van der Waals surface area contributed by atoms with Crippen LogP contribution in [0.5, 0.6) is 0 Å². The fraction of sp³-hybridized carbons (Fsp3) is 0.385. The van der Waals surface area contributed by atoms with Gasteiger partial charge >= 0.3 is 5.69 Å². The van der Waals surface area contributed by atoms with E-state index in [1.165, 1.54) is 6.39 Å². The third-order valence-corrected chi connectivity index (χ3v) is 2.86. The number of anilines is 2. The van der Waals surface area contributed by atoms with E-state index < -0.39 is 0 Å². The van der Waals surface area contributed by atoms with Gasteiger partial charge in [0.05, 0.1) is 4.92 Å². The van der Waals surface area contributed by atoms with Crippen LogP contribution in [0.2, 0.25) is 0 Å². The van der Waals surface area contributed by atoms with Crippen molar-refractivity contribution < 1.29 is 9.45 Å². The normalized spacial score (nSPS) is 10.3. The Bertz CT molecular complexity index is 585. The Kier molecular flexibility index (Phi) is 5.08. The van der Waals surface area contributed by atoms with Gasteiger partial charge in [0, 0.05) is 19.5 Å². The van der Waals surface area contributed by atoms with Crippen molar-refractivity contribution in [2.45, 2.75) is 19.8 Å². The SMILES string of the molecule is CCCNc1cccc(NCCc2ncon2)c1[N+](=O)[O-]. The molecule has 0 amide bonds. The summed E-state index contributed by atoms with van der Waals surface area (Å²) in [6.45, 7) is 3.18. The number of rotatable bonds is 8. The van der Waals surface area contributed by atoms with Gasteiger partial charge in [0.25, 0.3) is 0 Å². The number of nitrogens with zero attached hydrogens (tertiary/aromatic N) is 3. The smallest absolute Gasteiger partial charge is 0.315 e. The lowest BCUT2D eigenvalue weighted by Gasteiger charge is -2.10. The number of hydrogen-bond donors (Lipinski definition) is 2. The van der Waals surface area contributed by atoms with Gasteiger partial charge in [-0.2, -0.15) is 4.98 Å². The molecule has 2 N–H and O–H groups in total. The highest BCUT2D eigenvalue weighted by molar-refractivity contribution is 5.76. The van der Waals surface area contributed by atoms with Gasteiger partial charge in [0.1, 0.15) is 11.4 Å². The fourth-order valence-electron chi connectivity index (χ4n) is 1.90. The van der Waals surface area contributed by atoms with Crippen molar-refractivity contribution in [3.05, 3.63) is 40.5 Å². The highest BCUT2D eigenvalue weighted by atomic mass is 16.6. The minimum Gasteiger partial charge on any atom is -0.379 e.